The number of aromatic amines is 1. The molecule has 3 rings (SSSR count). The van der Waals surface area contributed by atoms with E-state index in [2.05, 4.69) is 20.5 Å². The smallest absolute Gasteiger partial charge is 0.357 e. The third-order valence-electron chi connectivity index (χ3n) is 2.60. The van der Waals surface area contributed by atoms with Gasteiger partial charge in [-0.05, 0) is 18.9 Å². The molecule has 0 bridgehead atoms. The van der Waals surface area contributed by atoms with Gasteiger partial charge in [0.25, 0.3) is 0 Å². The van der Waals surface area contributed by atoms with Crippen LogP contribution in [-0.2, 0) is 0 Å². The number of nitrogens with zero attached hydrogens (tertiary/aromatic N) is 2. The molecule has 2 aromatic heterocycles. The lowest BCUT2D eigenvalue weighted by atomic mass is 10.2. The lowest BCUT2D eigenvalue weighted by molar-refractivity contribution is 0.0692. The molecule has 0 spiro atoms. The van der Waals surface area contributed by atoms with Crippen molar-refractivity contribution in [2.45, 2.75) is 18.9 Å². The monoisotopic (exact) mass is 218 g/mol. The van der Waals surface area contributed by atoms with Crippen LogP contribution in [0.1, 0.15) is 23.3 Å². The maximum Gasteiger partial charge on any atom is 0.357 e. The fraction of sp³-hybridized carbons (Fsp3) is 0.300. The summed E-state index contributed by atoms with van der Waals surface area (Å²) in [5.41, 5.74) is 0.710. The zero-order valence-corrected chi connectivity index (χ0v) is 8.40. The molecule has 1 fully saturated rings. The van der Waals surface area contributed by atoms with E-state index in [0.717, 1.165) is 12.8 Å². The summed E-state index contributed by atoms with van der Waals surface area (Å²) < 4.78 is 0. The summed E-state index contributed by atoms with van der Waals surface area (Å²) in [5, 5.41) is 19.2. The Morgan fingerprint density at radius 3 is 3.06 bits per heavy atom. The number of H-pyrrole nitrogens is 1. The van der Waals surface area contributed by atoms with E-state index in [1.165, 1.54) is 0 Å². The van der Waals surface area contributed by atoms with Gasteiger partial charge in [0.05, 0.1) is 10.9 Å². The van der Waals surface area contributed by atoms with E-state index in [1.807, 2.05) is 0 Å². The number of carboxylic acid groups (broad SMARTS) is 1. The van der Waals surface area contributed by atoms with Crippen LogP contribution in [0.3, 0.4) is 0 Å². The topological polar surface area (TPSA) is 90.9 Å². The van der Waals surface area contributed by atoms with Crippen LogP contribution in [0, 0.1) is 0 Å². The summed E-state index contributed by atoms with van der Waals surface area (Å²) in [6.45, 7) is 0. The van der Waals surface area contributed by atoms with E-state index in [0.29, 0.717) is 22.8 Å². The van der Waals surface area contributed by atoms with E-state index in [1.54, 1.807) is 12.3 Å². The Kier molecular flexibility index (Phi) is 1.82. The average Bonchev–Trinajstić information content (AvgIpc) is 2.95. The van der Waals surface area contributed by atoms with E-state index in [9.17, 15) is 4.79 Å². The van der Waals surface area contributed by atoms with Crippen molar-refractivity contribution in [2.24, 2.45) is 0 Å². The van der Waals surface area contributed by atoms with Gasteiger partial charge in [-0.3, -0.25) is 5.10 Å². The summed E-state index contributed by atoms with van der Waals surface area (Å²) in [6, 6.07) is 2.14. The maximum atomic E-state index is 11.0. The molecule has 2 aromatic rings. The quantitative estimate of drug-likeness (QED) is 0.720. The number of nitrogens with one attached hydrogen (secondary N) is 2. The Balaban J connectivity index is 2.17. The fourth-order valence-corrected chi connectivity index (χ4v) is 1.65. The predicted molar refractivity (Wildman–Crippen MR) is 57.5 cm³/mol. The lowest BCUT2D eigenvalue weighted by Crippen LogP contribution is -2.05. The largest absolute Gasteiger partial charge is 0.476 e. The predicted octanol–water partition coefficient (Wildman–Crippen LogP) is 1.23. The highest BCUT2D eigenvalue weighted by molar-refractivity contribution is 6.05. The van der Waals surface area contributed by atoms with Gasteiger partial charge < -0.3 is 10.4 Å². The number of aromatic carboxylic acids is 1. The molecule has 1 aliphatic rings. The van der Waals surface area contributed by atoms with Crippen LogP contribution < -0.4 is 5.32 Å². The molecule has 0 saturated heterocycles. The first kappa shape index (κ1) is 9.14. The van der Waals surface area contributed by atoms with Gasteiger partial charge in [0, 0.05) is 12.2 Å². The number of aromatic nitrogens is 3. The number of anilines is 1. The molecule has 2 heterocycles. The Morgan fingerprint density at radius 2 is 2.38 bits per heavy atom. The van der Waals surface area contributed by atoms with Crippen LogP contribution in [0.4, 0.5) is 5.82 Å². The molecule has 6 nitrogen and oxygen atoms in total. The zero-order chi connectivity index (χ0) is 11.1. The molecule has 0 unspecified atom stereocenters. The normalized spacial score (nSPS) is 15.2. The molecular formula is C10H10N4O2. The van der Waals surface area contributed by atoms with Gasteiger partial charge in [-0.15, -0.1) is 0 Å². The molecule has 0 amide bonds. The highest BCUT2D eigenvalue weighted by atomic mass is 16.4. The van der Waals surface area contributed by atoms with Gasteiger partial charge >= 0.3 is 5.97 Å². The Bertz CT molecular complexity index is 559. The molecule has 1 aliphatic carbocycles. The minimum absolute atomic E-state index is 0.0197. The van der Waals surface area contributed by atoms with Crippen LogP contribution in [0.25, 0.3) is 10.9 Å². The van der Waals surface area contributed by atoms with Crippen molar-refractivity contribution in [1.82, 2.24) is 15.2 Å². The minimum atomic E-state index is -1.04. The van der Waals surface area contributed by atoms with E-state index in [4.69, 9.17) is 5.11 Å². The van der Waals surface area contributed by atoms with Crippen molar-refractivity contribution in [3.63, 3.8) is 0 Å². The second-order valence-electron chi connectivity index (χ2n) is 3.88. The first-order chi connectivity index (χ1) is 7.75. The Hall–Kier alpha value is -2.11. The fourth-order valence-electron chi connectivity index (χ4n) is 1.65. The molecule has 1 saturated carbocycles. The van der Waals surface area contributed by atoms with Crippen molar-refractivity contribution in [3.8, 4) is 0 Å². The minimum Gasteiger partial charge on any atom is -0.476 e. The first-order valence-electron chi connectivity index (χ1n) is 5.08. The van der Waals surface area contributed by atoms with Crippen LogP contribution >= 0.6 is 0 Å². The number of carbonyl (C=O) groups is 1. The molecule has 16 heavy (non-hydrogen) atoms. The Morgan fingerprint density at radius 1 is 1.56 bits per heavy atom. The molecule has 3 N–H and O–H groups in total. The third kappa shape index (κ3) is 1.39. The first-order valence-corrected chi connectivity index (χ1v) is 5.08. The van der Waals surface area contributed by atoms with Crippen LogP contribution in [0.2, 0.25) is 0 Å². The zero-order valence-electron chi connectivity index (χ0n) is 8.40. The van der Waals surface area contributed by atoms with E-state index in [-0.39, 0.29) is 5.69 Å². The third-order valence-corrected chi connectivity index (χ3v) is 2.60. The molecule has 82 valence electrons. The van der Waals surface area contributed by atoms with Gasteiger partial charge in [-0.25, -0.2) is 9.78 Å². The standard InChI is InChI=1S/C10H10N4O2/c15-10(16)8-7-6(13-14-8)3-4-11-9(7)12-5-1-2-5/h3-5H,1-2H2,(H,11,12)(H,13,14)(H,15,16). The molecular weight excluding hydrogens is 208 g/mol. The summed E-state index contributed by atoms with van der Waals surface area (Å²) in [5.74, 6) is -0.441. The van der Waals surface area contributed by atoms with Gasteiger partial charge in [0.2, 0.25) is 0 Å². The SMILES string of the molecule is O=C(O)c1n[nH]c2ccnc(NC3CC3)c12. The van der Waals surface area contributed by atoms with Crippen molar-refractivity contribution in [3.05, 3.63) is 18.0 Å². The second-order valence-corrected chi connectivity index (χ2v) is 3.88. The van der Waals surface area contributed by atoms with Gasteiger partial charge in [0.1, 0.15) is 5.82 Å². The van der Waals surface area contributed by atoms with Crippen molar-refractivity contribution >= 4 is 22.7 Å². The number of fused-ring (bicyclic) bond motifs is 1. The van der Waals surface area contributed by atoms with Crippen LogP contribution in [-0.4, -0.2) is 32.3 Å². The van der Waals surface area contributed by atoms with Crippen LogP contribution in [0.15, 0.2) is 12.3 Å². The van der Waals surface area contributed by atoms with Crippen molar-refractivity contribution in [2.75, 3.05) is 5.32 Å². The van der Waals surface area contributed by atoms with Gasteiger partial charge in [-0.1, -0.05) is 0 Å². The van der Waals surface area contributed by atoms with Gasteiger partial charge in [-0.2, -0.15) is 5.10 Å². The highest BCUT2D eigenvalue weighted by Crippen LogP contribution is 2.29. The molecule has 0 radical (unpaired) electrons. The number of carboxylic acids is 1. The Labute approximate surface area is 90.7 Å². The van der Waals surface area contributed by atoms with Gasteiger partial charge in [0.15, 0.2) is 5.69 Å². The molecule has 6 heteroatoms. The number of rotatable bonds is 3. The summed E-state index contributed by atoms with van der Waals surface area (Å²) in [6.07, 6.45) is 3.85. The molecule has 0 aliphatic heterocycles. The summed E-state index contributed by atoms with van der Waals surface area (Å²) in [4.78, 5) is 15.2. The number of pyridine rings is 1. The average molecular weight is 218 g/mol. The van der Waals surface area contributed by atoms with Crippen LogP contribution in [0.5, 0.6) is 0 Å². The maximum absolute atomic E-state index is 11.0. The summed E-state index contributed by atoms with van der Waals surface area (Å²) in [7, 11) is 0. The summed E-state index contributed by atoms with van der Waals surface area (Å²) >= 11 is 0. The number of hydrogen-bond donors (Lipinski definition) is 3. The van der Waals surface area contributed by atoms with E-state index >= 15 is 0 Å². The van der Waals surface area contributed by atoms with Crippen molar-refractivity contribution in [1.29, 1.82) is 0 Å². The van der Waals surface area contributed by atoms with E-state index < -0.39 is 5.97 Å². The molecule has 0 aromatic carbocycles. The van der Waals surface area contributed by atoms with Crippen molar-refractivity contribution < 1.29 is 9.90 Å². The highest BCUT2D eigenvalue weighted by Gasteiger charge is 2.24. The number of hydrogen-bond acceptors (Lipinski definition) is 4. The second kappa shape index (κ2) is 3.19. The lowest BCUT2D eigenvalue weighted by Gasteiger charge is -2.04. The molecule has 0 atom stereocenters.